The average Bonchev–Trinajstić information content (AvgIpc) is 2.93. The number of halogens is 2. The lowest BCUT2D eigenvalue weighted by atomic mass is 10.2. The predicted molar refractivity (Wildman–Crippen MR) is 115 cm³/mol. The number of amides is 2. The van der Waals surface area contributed by atoms with E-state index >= 15 is 0 Å². The second-order valence-corrected chi connectivity index (χ2v) is 7.47. The Labute approximate surface area is 180 Å². The highest BCUT2D eigenvalue weighted by Crippen LogP contribution is 2.18. The number of rotatable bonds is 6. The van der Waals surface area contributed by atoms with Gasteiger partial charge in [0.25, 0.3) is 11.5 Å². The Morgan fingerprint density at radius 1 is 1.13 bits per heavy atom. The molecule has 3 rings (SSSR count). The van der Waals surface area contributed by atoms with Gasteiger partial charge in [-0.2, -0.15) is 0 Å². The number of nitrogens with zero attached hydrogens (tertiary/aromatic N) is 2. The van der Waals surface area contributed by atoms with E-state index in [1.165, 1.54) is 16.8 Å². The van der Waals surface area contributed by atoms with Crippen LogP contribution in [0, 0.1) is 12.7 Å². The Hall–Kier alpha value is -3.20. The molecule has 0 spiro atoms. The van der Waals surface area contributed by atoms with E-state index in [1.807, 2.05) is 18.2 Å². The summed E-state index contributed by atoms with van der Waals surface area (Å²) in [5.74, 6) is -1.45. The van der Waals surface area contributed by atoms with E-state index in [0.717, 1.165) is 6.07 Å². The smallest absolute Gasteiger partial charge is 0.295 e. The van der Waals surface area contributed by atoms with Crippen molar-refractivity contribution < 1.29 is 14.0 Å². The van der Waals surface area contributed by atoms with E-state index in [1.54, 1.807) is 30.8 Å². The molecule has 156 valence electrons. The Morgan fingerprint density at radius 2 is 1.83 bits per heavy atom. The van der Waals surface area contributed by atoms with Crippen LogP contribution in [-0.4, -0.2) is 27.7 Å². The standard InChI is InChI=1S/C21H20BrFN4O3/c1-13-19(21(30)27(26(13)2)15-6-4-3-5-7-15)25-18(28)10-11-24-20(29)16-12-14(23)8-9-17(16)22/h3-9,12H,10-11H2,1-2H3,(H,24,29)(H,25,28). The minimum absolute atomic E-state index is 0.0341. The van der Waals surface area contributed by atoms with E-state index in [0.29, 0.717) is 15.9 Å². The third kappa shape index (κ3) is 4.51. The molecule has 2 amide bonds. The molecule has 30 heavy (non-hydrogen) atoms. The molecule has 3 aromatic rings. The molecule has 0 radical (unpaired) electrons. The van der Waals surface area contributed by atoms with Gasteiger partial charge in [0.15, 0.2) is 0 Å². The number of carbonyl (C=O) groups excluding carboxylic acids is 2. The largest absolute Gasteiger partial charge is 0.351 e. The fraction of sp³-hybridized carbons (Fsp3) is 0.190. The van der Waals surface area contributed by atoms with Crippen molar-refractivity contribution in [3.8, 4) is 5.69 Å². The molecular formula is C21H20BrFN4O3. The zero-order valence-corrected chi connectivity index (χ0v) is 18.0. The fourth-order valence-electron chi connectivity index (χ4n) is 2.97. The van der Waals surface area contributed by atoms with Gasteiger partial charge in [-0.15, -0.1) is 0 Å². The second-order valence-electron chi connectivity index (χ2n) is 6.61. The highest BCUT2D eigenvalue weighted by Gasteiger charge is 2.18. The van der Waals surface area contributed by atoms with Gasteiger partial charge < -0.3 is 10.6 Å². The Bertz CT molecular complexity index is 1160. The number of anilines is 1. The molecule has 0 saturated heterocycles. The molecule has 9 heteroatoms. The first-order chi connectivity index (χ1) is 14.3. The molecule has 0 fully saturated rings. The van der Waals surface area contributed by atoms with Crippen LogP contribution in [0.2, 0.25) is 0 Å². The molecule has 2 N–H and O–H groups in total. The van der Waals surface area contributed by atoms with Crippen LogP contribution in [0.3, 0.4) is 0 Å². The maximum Gasteiger partial charge on any atom is 0.295 e. The van der Waals surface area contributed by atoms with E-state index < -0.39 is 17.6 Å². The molecule has 0 bridgehead atoms. The number of hydrogen-bond acceptors (Lipinski definition) is 3. The lowest BCUT2D eigenvalue weighted by Crippen LogP contribution is -2.29. The minimum atomic E-state index is -0.532. The van der Waals surface area contributed by atoms with Crippen LogP contribution in [0.25, 0.3) is 5.69 Å². The Morgan fingerprint density at radius 3 is 2.53 bits per heavy atom. The SMILES string of the molecule is Cc1c(NC(=O)CCNC(=O)c2cc(F)ccc2Br)c(=O)n(-c2ccccc2)n1C. The zero-order valence-electron chi connectivity index (χ0n) is 16.4. The minimum Gasteiger partial charge on any atom is -0.351 e. The molecule has 1 aromatic heterocycles. The molecular weight excluding hydrogens is 455 g/mol. The molecule has 1 heterocycles. The van der Waals surface area contributed by atoms with Crippen molar-refractivity contribution in [2.75, 3.05) is 11.9 Å². The number of para-hydroxylation sites is 1. The predicted octanol–water partition coefficient (Wildman–Crippen LogP) is 3.14. The van der Waals surface area contributed by atoms with E-state index in [9.17, 15) is 18.8 Å². The van der Waals surface area contributed by atoms with Crippen LogP contribution in [-0.2, 0) is 11.8 Å². The maximum atomic E-state index is 13.3. The maximum absolute atomic E-state index is 13.3. The van der Waals surface area contributed by atoms with Crippen LogP contribution < -0.4 is 16.2 Å². The van der Waals surface area contributed by atoms with E-state index in [-0.39, 0.29) is 29.8 Å². The van der Waals surface area contributed by atoms with E-state index in [4.69, 9.17) is 0 Å². The summed E-state index contributed by atoms with van der Waals surface area (Å²) in [7, 11) is 1.73. The number of aromatic nitrogens is 2. The number of carbonyl (C=O) groups is 2. The molecule has 0 saturated carbocycles. The van der Waals surface area contributed by atoms with Crippen LogP contribution in [0.15, 0.2) is 57.8 Å². The first-order valence-electron chi connectivity index (χ1n) is 9.16. The van der Waals surface area contributed by atoms with Gasteiger partial charge in [-0.25, -0.2) is 9.07 Å². The van der Waals surface area contributed by atoms with Gasteiger partial charge in [0.05, 0.1) is 16.9 Å². The molecule has 2 aromatic carbocycles. The summed E-state index contributed by atoms with van der Waals surface area (Å²) in [6, 6.07) is 12.9. The van der Waals surface area contributed by atoms with Crippen molar-refractivity contribution in [3.05, 3.63) is 80.4 Å². The quantitative estimate of drug-likeness (QED) is 0.575. The van der Waals surface area contributed by atoms with Crippen LogP contribution in [0.4, 0.5) is 10.1 Å². The highest BCUT2D eigenvalue weighted by molar-refractivity contribution is 9.10. The van der Waals surface area contributed by atoms with Gasteiger partial charge in [0.1, 0.15) is 11.5 Å². The molecule has 0 aliphatic heterocycles. The summed E-state index contributed by atoms with van der Waals surface area (Å²) in [5, 5.41) is 5.20. The average molecular weight is 475 g/mol. The van der Waals surface area contributed by atoms with Gasteiger partial charge in [-0.05, 0) is 53.2 Å². The topological polar surface area (TPSA) is 85.1 Å². The van der Waals surface area contributed by atoms with Crippen molar-refractivity contribution >= 4 is 33.4 Å². The van der Waals surface area contributed by atoms with Crippen molar-refractivity contribution in [2.24, 2.45) is 7.05 Å². The third-order valence-electron chi connectivity index (χ3n) is 4.63. The molecule has 0 atom stereocenters. The first kappa shape index (κ1) is 21.5. The normalized spacial score (nSPS) is 10.7. The summed E-state index contributed by atoms with van der Waals surface area (Å²) < 4.78 is 16.9. The number of benzene rings is 2. The molecule has 0 aliphatic carbocycles. The Balaban J connectivity index is 1.65. The number of hydrogen-bond donors (Lipinski definition) is 2. The second kappa shape index (κ2) is 9.08. The van der Waals surface area contributed by atoms with Gasteiger partial charge in [0.2, 0.25) is 5.91 Å². The lowest BCUT2D eigenvalue weighted by molar-refractivity contribution is -0.116. The number of nitrogens with one attached hydrogen (secondary N) is 2. The van der Waals surface area contributed by atoms with Gasteiger partial charge in [-0.3, -0.25) is 19.1 Å². The molecule has 0 aliphatic rings. The fourth-order valence-corrected chi connectivity index (χ4v) is 3.40. The summed E-state index contributed by atoms with van der Waals surface area (Å²) in [6.07, 6.45) is -0.0439. The Kier molecular flexibility index (Phi) is 6.51. The van der Waals surface area contributed by atoms with Crippen molar-refractivity contribution in [3.63, 3.8) is 0 Å². The third-order valence-corrected chi connectivity index (χ3v) is 5.32. The van der Waals surface area contributed by atoms with Gasteiger partial charge in [0, 0.05) is 24.5 Å². The van der Waals surface area contributed by atoms with Crippen LogP contribution in [0.5, 0.6) is 0 Å². The highest BCUT2D eigenvalue weighted by atomic mass is 79.9. The van der Waals surface area contributed by atoms with Gasteiger partial charge in [-0.1, -0.05) is 18.2 Å². The summed E-state index contributed by atoms with van der Waals surface area (Å²) in [4.78, 5) is 37.3. The summed E-state index contributed by atoms with van der Waals surface area (Å²) in [6.45, 7) is 1.77. The zero-order chi connectivity index (χ0) is 21.8. The van der Waals surface area contributed by atoms with Crippen molar-refractivity contribution in [2.45, 2.75) is 13.3 Å². The summed E-state index contributed by atoms with van der Waals surface area (Å²) in [5.41, 5.74) is 1.26. The molecule has 0 unspecified atom stereocenters. The van der Waals surface area contributed by atoms with Crippen molar-refractivity contribution in [1.29, 1.82) is 0 Å². The van der Waals surface area contributed by atoms with E-state index in [2.05, 4.69) is 26.6 Å². The summed E-state index contributed by atoms with van der Waals surface area (Å²) >= 11 is 3.19. The van der Waals surface area contributed by atoms with Crippen LogP contribution >= 0.6 is 15.9 Å². The molecule has 7 nitrogen and oxygen atoms in total. The first-order valence-corrected chi connectivity index (χ1v) is 9.96. The van der Waals surface area contributed by atoms with Crippen molar-refractivity contribution in [1.82, 2.24) is 14.7 Å². The lowest BCUT2D eigenvalue weighted by Gasteiger charge is -2.08. The van der Waals surface area contributed by atoms with Gasteiger partial charge >= 0.3 is 0 Å². The van der Waals surface area contributed by atoms with Crippen LogP contribution in [0.1, 0.15) is 22.5 Å². The monoisotopic (exact) mass is 474 g/mol.